The van der Waals surface area contributed by atoms with Crippen molar-refractivity contribution in [2.75, 3.05) is 40.7 Å². The van der Waals surface area contributed by atoms with Crippen molar-refractivity contribution in [1.82, 2.24) is 9.97 Å². The Morgan fingerprint density at radius 1 is 0.833 bits per heavy atom. The van der Waals surface area contributed by atoms with E-state index in [9.17, 15) is 14.4 Å². The van der Waals surface area contributed by atoms with E-state index in [1.165, 1.54) is 13.3 Å². The molecule has 42 heavy (non-hydrogen) atoms. The van der Waals surface area contributed by atoms with Gasteiger partial charge >= 0.3 is 0 Å². The number of nitrogens with one attached hydrogen (secondary N) is 5. The monoisotopic (exact) mass is 567 g/mol. The first kappa shape index (κ1) is 29.5. The first-order chi connectivity index (χ1) is 20.2. The molecule has 0 radical (unpaired) electrons. The van der Waals surface area contributed by atoms with Crippen LogP contribution in [0.4, 0.5) is 34.5 Å². The van der Waals surface area contributed by atoms with Gasteiger partial charge in [0.05, 0.1) is 7.11 Å². The van der Waals surface area contributed by atoms with E-state index in [0.717, 1.165) is 11.1 Å². The first-order valence-electron chi connectivity index (χ1n) is 13.3. The van der Waals surface area contributed by atoms with Crippen molar-refractivity contribution >= 4 is 52.2 Å². The molecule has 11 nitrogen and oxygen atoms in total. The molecule has 0 saturated heterocycles. The van der Waals surface area contributed by atoms with E-state index in [-0.39, 0.29) is 23.3 Å². The van der Waals surface area contributed by atoms with E-state index in [4.69, 9.17) is 4.74 Å². The number of hydrogen-bond acceptors (Lipinski definition) is 8. The van der Waals surface area contributed by atoms with Crippen LogP contribution < -0.4 is 31.3 Å². The SMILES string of the molecule is CCC(=O)Nc1cc(Nc2ncc(C(=O)Nc3cc(NC(=O)c4cccc(OC)c4)ccc3C)c(NC)n2)ccc1C. The van der Waals surface area contributed by atoms with Crippen molar-refractivity contribution in [3.8, 4) is 5.75 Å². The molecule has 0 bridgehead atoms. The van der Waals surface area contributed by atoms with E-state index in [0.29, 0.717) is 46.3 Å². The van der Waals surface area contributed by atoms with Crippen molar-refractivity contribution in [2.45, 2.75) is 27.2 Å². The predicted molar refractivity (Wildman–Crippen MR) is 165 cm³/mol. The summed E-state index contributed by atoms with van der Waals surface area (Å²) in [5.74, 6) is 0.344. The molecule has 4 rings (SSSR count). The van der Waals surface area contributed by atoms with E-state index >= 15 is 0 Å². The standard InChI is InChI=1S/C31H33N7O4/c1-6-27(39)36-25-16-22(13-11-18(25)2)35-31-33-17-24(28(32-4)38-31)30(41)37-26-15-21(12-10-19(26)3)34-29(40)20-8-7-9-23(14-20)42-5/h7-17H,6H2,1-5H3,(H,34,40)(H,36,39)(H,37,41)(H2,32,33,35,38). The molecule has 0 aliphatic carbocycles. The summed E-state index contributed by atoms with van der Waals surface area (Å²) in [5, 5.41) is 14.7. The highest BCUT2D eigenvalue weighted by Gasteiger charge is 2.17. The normalized spacial score (nSPS) is 10.4. The Kier molecular flexibility index (Phi) is 9.33. The lowest BCUT2D eigenvalue weighted by atomic mass is 10.1. The highest BCUT2D eigenvalue weighted by Crippen LogP contribution is 2.26. The molecule has 1 heterocycles. The topological polar surface area (TPSA) is 146 Å². The van der Waals surface area contributed by atoms with E-state index < -0.39 is 5.91 Å². The molecule has 0 saturated carbocycles. The van der Waals surface area contributed by atoms with Crippen molar-refractivity contribution < 1.29 is 19.1 Å². The maximum Gasteiger partial charge on any atom is 0.261 e. The Morgan fingerprint density at radius 3 is 2.21 bits per heavy atom. The molecule has 0 unspecified atom stereocenters. The molecule has 216 valence electrons. The number of aryl methyl sites for hydroxylation is 2. The minimum atomic E-state index is -0.426. The Labute approximate surface area is 244 Å². The summed E-state index contributed by atoms with van der Waals surface area (Å²) in [6.45, 7) is 5.55. The number of anilines is 6. The second-order valence-corrected chi connectivity index (χ2v) is 9.43. The van der Waals surface area contributed by atoms with Gasteiger partial charge in [0.15, 0.2) is 0 Å². The largest absolute Gasteiger partial charge is 0.497 e. The third-order valence-corrected chi connectivity index (χ3v) is 6.43. The van der Waals surface area contributed by atoms with Gasteiger partial charge in [-0.05, 0) is 67.4 Å². The summed E-state index contributed by atoms with van der Waals surface area (Å²) in [7, 11) is 3.20. The number of amides is 3. The maximum absolute atomic E-state index is 13.3. The zero-order valence-electron chi connectivity index (χ0n) is 24.1. The smallest absolute Gasteiger partial charge is 0.261 e. The molecule has 4 aromatic rings. The predicted octanol–water partition coefficient (Wildman–Crippen LogP) is 5.74. The van der Waals surface area contributed by atoms with Gasteiger partial charge in [-0.2, -0.15) is 4.98 Å². The van der Waals surface area contributed by atoms with Crippen LogP contribution in [-0.4, -0.2) is 41.8 Å². The minimum Gasteiger partial charge on any atom is -0.497 e. The van der Waals surface area contributed by atoms with Crippen LogP contribution in [0.5, 0.6) is 5.75 Å². The number of benzene rings is 3. The van der Waals surface area contributed by atoms with E-state index in [1.54, 1.807) is 62.5 Å². The van der Waals surface area contributed by atoms with Crippen molar-refractivity contribution in [3.05, 3.63) is 89.1 Å². The van der Waals surface area contributed by atoms with Crippen LogP contribution in [0.15, 0.2) is 66.9 Å². The number of hydrogen-bond donors (Lipinski definition) is 5. The fourth-order valence-corrected chi connectivity index (χ4v) is 3.99. The summed E-state index contributed by atoms with van der Waals surface area (Å²) in [6, 6.07) is 17.6. The van der Waals surface area contributed by atoms with Gasteiger partial charge < -0.3 is 31.3 Å². The van der Waals surface area contributed by atoms with Crippen LogP contribution in [0.3, 0.4) is 0 Å². The maximum atomic E-state index is 13.3. The molecule has 0 aliphatic rings. The second-order valence-electron chi connectivity index (χ2n) is 9.43. The van der Waals surface area contributed by atoms with Gasteiger partial charge in [-0.1, -0.05) is 25.1 Å². The molecule has 3 aromatic carbocycles. The molecule has 0 spiro atoms. The van der Waals surface area contributed by atoms with Gasteiger partial charge in [0.25, 0.3) is 11.8 Å². The minimum absolute atomic E-state index is 0.0839. The Hall–Kier alpha value is -5.45. The van der Waals surface area contributed by atoms with E-state index in [1.807, 2.05) is 26.0 Å². The Morgan fingerprint density at radius 2 is 1.52 bits per heavy atom. The van der Waals surface area contributed by atoms with Gasteiger partial charge in [-0.3, -0.25) is 14.4 Å². The lowest BCUT2D eigenvalue weighted by Crippen LogP contribution is -2.17. The Balaban J connectivity index is 1.49. The van der Waals surface area contributed by atoms with Crippen molar-refractivity contribution in [2.24, 2.45) is 0 Å². The molecular formula is C31H33N7O4. The number of aromatic nitrogens is 2. The summed E-state index contributed by atoms with van der Waals surface area (Å²) in [6.07, 6.45) is 1.80. The fraction of sp³-hybridized carbons (Fsp3) is 0.194. The number of methoxy groups -OCH3 is 1. The molecule has 11 heteroatoms. The van der Waals surface area contributed by atoms with Gasteiger partial charge in [0.1, 0.15) is 17.1 Å². The van der Waals surface area contributed by atoms with Gasteiger partial charge in [0, 0.05) is 48.0 Å². The average molecular weight is 568 g/mol. The van der Waals surface area contributed by atoms with Crippen LogP contribution >= 0.6 is 0 Å². The molecule has 3 amide bonds. The average Bonchev–Trinajstić information content (AvgIpc) is 3.00. The zero-order valence-corrected chi connectivity index (χ0v) is 24.1. The highest BCUT2D eigenvalue weighted by atomic mass is 16.5. The second kappa shape index (κ2) is 13.3. The fourth-order valence-electron chi connectivity index (χ4n) is 3.99. The quantitative estimate of drug-likeness (QED) is 0.163. The number of carbonyl (C=O) groups excluding carboxylic acids is 3. The molecule has 0 atom stereocenters. The van der Waals surface area contributed by atoms with Crippen molar-refractivity contribution in [1.29, 1.82) is 0 Å². The number of ether oxygens (including phenoxy) is 1. The van der Waals surface area contributed by atoms with Gasteiger partial charge in [0.2, 0.25) is 11.9 Å². The highest BCUT2D eigenvalue weighted by molar-refractivity contribution is 6.09. The number of nitrogens with zero attached hydrogens (tertiary/aromatic N) is 2. The summed E-state index contributed by atoms with van der Waals surface area (Å²) in [5.41, 5.74) is 4.80. The van der Waals surface area contributed by atoms with E-state index in [2.05, 4.69) is 36.6 Å². The number of carbonyl (C=O) groups is 3. The summed E-state index contributed by atoms with van der Waals surface area (Å²) >= 11 is 0. The Bertz CT molecular complexity index is 1640. The molecule has 5 N–H and O–H groups in total. The molecule has 0 fully saturated rings. The molecular weight excluding hydrogens is 534 g/mol. The number of rotatable bonds is 10. The molecule has 1 aromatic heterocycles. The lowest BCUT2D eigenvalue weighted by molar-refractivity contribution is -0.115. The van der Waals surface area contributed by atoms with Gasteiger partial charge in [-0.25, -0.2) is 4.98 Å². The summed E-state index contributed by atoms with van der Waals surface area (Å²) < 4.78 is 5.20. The third-order valence-electron chi connectivity index (χ3n) is 6.43. The third kappa shape index (κ3) is 7.19. The van der Waals surface area contributed by atoms with Gasteiger partial charge in [-0.15, -0.1) is 0 Å². The van der Waals surface area contributed by atoms with Crippen LogP contribution in [0, 0.1) is 13.8 Å². The van der Waals surface area contributed by atoms with Crippen LogP contribution in [0.2, 0.25) is 0 Å². The first-order valence-corrected chi connectivity index (χ1v) is 13.3. The van der Waals surface area contributed by atoms with Crippen LogP contribution in [0.25, 0.3) is 0 Å². The van der Waals surface area contributed by atoms with Crippen LogP contribution in [0.1, 0.15) is 45.2 Å². The van der Waals surface area contributed by atoms with Crippen LogP contribution in [-0.2, 0) is 4.79 Å². The molecule has 0 aliphatic heterocycles. The summed E-state index contributed by atoms with van der Waals surface area (Å²) in [4.78, 5) is 46.7. The van der Waals surface area contributed by atoms with Crippen molar-refractivity contribution in [3.63, 3.8) is 0 Å². The lowest BCUT2D eigenvalue weighted by Gasteiger charge is -2.14. The zero-order chi connectivity index (χ0) is 30.2.